The monoisotopic (exact) mass is 346 g/mol. The zero-order chi connectivity index (χ0) is 15.5. The second-order valence-corrected chi connectivity index (χ2v) is 8.04. The number of aryl methyl sites for hydroxylation is 2. The molecule has 0 radical (unpaired) electrons. The number of benzene rings is 1. The molecule has 0 aromatic heterocycles. The van der Waals surface area contributed by atoms with Crippen LogP contribution in [-0.2, 0) is 22.9 Å². The van der Waals surface area contributed by atoms with Crippen LogP contribution in [0.15, 0.2) is 23.1 Å². The Hall–Kier alpha value is -0.620. The predicted octanol–water partition coefficient (Wildman–Crippen LogP) is 2.64. The van der Waals surface area contributed by atoms with Crippen molar-refractivity contribution in [1.82, 2.24) is 4.72 Å². The number of nitrogens with two attached hydrogens (primary N) is 1. The summed E-state index contributed by atoms with van der Waals surface area (Å²) in [6.45, 7) is 4.45. The van der Waals surface area contributed by atoms with Gasteiger partial charge in [0.15, 0.2) is 0 Å². The summed E-state index contributed by atoms with van der Waals surface area (Å²) in [5.41, 5.74) is 8.16. The summed E-state index contributed by atoms with van der Waals surface area (Å²) in [5.74, 6) is 0.407. The van der Waals surface area contributed by atoms with Crippen LogP contribution in [0, 0.1) is 5.92 Å². The van der Waals surface area contributed by atoms with Crippen molar-refractivity contribution in [3.05, 3.63) is 29.3 Å². The van der Waals surface area contributed by atoms with Crippen molar-refractivity contribution in [3.63, 3.8) is 0 Å². The molecule has 0 saturated heterocycles. The minimum Gasteiger partial charge on any atom is -0.329 e. The van der Waals surface area contributed by atoms with E-state index < -0.39 is 10.0 Å². The molecule has 0 spiro atoms. The van der Waals surface area contributed by atoms with Gasteiger partial charge in [0.05, 0.1) is 4.90 Å². The zero-order valence-corrected chi connectivity index (χ0v) is 15.0. The number of hydrogen-bond acceptors (Lipinski definition) is 3. The van der Waals surface area contributed by atoms with Crippen molar-refractivity contribution >= 4 is 22.4 Å². The van der Waals surface area contributed by atoms with Gasteiger partial charge in [0.1, 0.15) is 0 Å². The molecule has 1 aliphatic carbocycles. The van der Waals surface area contributed by atoms with Crippen LogP contribution in [0.25, 0.3) is 0 Å². The Morgan fingerprint density at radius 2 is 1.82 bits per heavy atom. The average molecular weight is 347 g/mol. The normalized spacial score (nSPS) is 16.0. The molecule has 6 heteroatoms. The lowest BCUT2D eigenvalue weighted by atomic mass is 9.92. The third-order valence-electron chi connectivity index (χ3n) is 3.99. The van der Waals surface area contributed by atoms with Crippen LogP contribution in [0.1, 0.15) is 44.2 Å². The molecule has 4 nitrogen and oxygen atoms in total. The Morgan fingerprint density at radius 1 is 1.18 bits per heavy atom. The highest BCUT2D eigenvalue weighted by Crippen LogP contribution is 2.24. The Balaban J connectivity index is 0.00000242. The van der Waals surface area contributed by atoms with E-state index in [2.05, 4.69) is 18.6 Å². The van der Waals surface area contributed by atoms with E-state index in [1.54, 1.807) is 6.07 Å². The third-order valence-corrected chi connectivity index (χ3v) is 5.51. The van der Waals surface area contributed by atoms with Crippen molar-refractivity contribution in [3.8, 4) is 0 Å². The number of hydrogen-bond donors (Lipinski definition) is 2. The summed E-state index contributed by atoms with van der Waals surface area (Å²) in [7, 11) is -3.48. The predicted molar refractivity (Wildman–Crippen MR) is 93.0 cm³/mol. The first-order chi connectivity index (χ1) is 9.92. The van der Waals surface area contributed by atoms with Crippen molar-refractivity contribution in [2.75, 3.05) is 6.54 Å². The number of sulfonamides is 1. The fourth-order valence-electron chi connectivity index (χ4n) is 2.93. The van der Waals surface area contributed by atoms with Gasteiger partial charge in [-0.2, -0.15) is 0 Å². The van der Waals surface area contributed by atoms with Gasteiger partial charge in [0, 0.05) is 12.6 Å². The third kappa shape index (κ3) is 4.95. The lowest BCUT2D eigenvalue weighted by Crippen LogP contribution is -2.41. The van der Waals surface area contributed by atoms with Crippen LogP contribution in [-0.4, -0.2) is 21.0 Å². The van der Waals surface area contributed by atoms with Crippen molar-refractivity contribution < 1.29 is 8.42 Å². The van der Waals surface area contributed by atoms with Crippen LogP contribution in [0.5, 0.6) is 0 Å². The molecule has 1 aliphatic rings. The fourth-order valence-corrected chi connectivity index (χ4v) is 4.24. The van der Waals surface area contributed by atoms with Crippen LogP contribution in [0.3, 0.4) is 0 Å². The highest BCUT2D eigenvalue weighted by atomic mass is 35.5. The number of halogens is 1. The fraction of sp³-hybridized carbons (Fsp3) is 0.625. The van der Waals surface area contributed by atoms with Gasteiger partial charge in [0.25, 0.3) is 0 Å². The van der Waals surface area contributed by atoms with E-state index in [0.717, 1.165) is 25.7 Å². The first-order valence-corrected chi connectivity index (χ1v) is 9.25. The van der Waals surface area contributed by atoms with E-state index in [1.165, 1.54) is 17.5 Å². The standard InChI is InChI=1S/C16H26N2O2S.ClH/c1-12(2)9-15(11-17)18-21(19,20)16-8-7-13-5-3-4-6-14(13)10-16;/h7-8,10,12,15,18H,3-6,9,11,17H2,1-2H3;1H. The topological polar surface area (TPSA) is 72.2 Å². The number of fused-ring (bicyclic) bond motifs is 1. The number of nitrogens with one attached hydrogen (secondary N) is 1. The Bertz CT molecular complexity index is 588. The summed E-state index contributed by atoms with van der Waals surface area (Å²) >= 11 is 0. The molecule has 2 rings (SSSR count). The molecule has 0 amide bonds. The molecule has 0 bridgehead atoms. The van der Waals surface area contributed by atoms with Gasteiger partial charge in [-0.05, 0) is 61.3 Å². The highest BCUT2D eigenvalue weighted by molar-refractivity contribution is 7.89. The molecule has 0 fully saturated rings. The first-order valence-electron chi connectivity index (χ1n) is 7.76. The minimum absolute atomic E-state index is 0. The molecule has 1 unspecified atom stereocenters. The Labute approximate surface area is 140 Å². The molecule has 22 heavy (non-hydrogen) atoms. The maximum absolute atomic E-state index is 12.5. The lowest BCUT2D eigenvalue weighted by Gasteiger charge is -2.20. The quantitative estimate of drug-likeness (QED) is 0.831. The van der Waals surface area contributed by atoms with Gasteiger partial charge in [0.2, 0.25) is 10.0 Å². The SMILES string of the molecule is CC(C)CC(CN)NS(=O)(=O)c1ccc2c(c1)CCCC2.Cl. The van der Waals surface area contributed by atoms with E-state index in [1.807, 2.05) is 12.1 Å². The van der Waals surface area contributed by atoms with Crippen molar-refractivity contribution in [2.45, 2.75) is 56.9 Å². The molecule has 0 heterocycles. The van der Waals surface area contributed by atoms with Gasteiger partial charge in [-0.3, -0.25) is 0 Å². The van der Waals surface area contributed by atoms with Crippen molar-refractivity contribution in [1.29, 1.82) is 0 Å². The average Bonchev–Trinajstić information content (AvgIpc) is 2.45. The van der Waals surface area contributed by atoms with Gasteiger partial charge < -0.3 is 5.73 Å². The zero-order valence-electron chi connectivity index (χ0n) is 13.3. The highest BCUT2D eigenvalue weighted by Gasteiger charge is 2.21. The van der Waals surface area contributed by atoms with Crippen LogP contribution < -0.4 is 10.5 Å². The second-order valence-electron chi connectivity index (χ2n) is 6.32. The number of rotatable bonds is 6. The summed E-state index contributed by atoms with van der Waals surface area (Å²) in [4.78, 5) is 0.366. The largest absolute Gasteiger partial charge is 0.329 e. The maximum atomic E-state index is 12.5. The molecule has 1 aromatic carbocycles. The summed E-state index contributed by atoms with van der Waals surface area (Å²) in [5, 5.41) is 0. The van der Waals surface area contributed by atoms with E-state index >= 15 is 0 Å². The van der Waals surface area contributed by atoms with Crippen LogP contribution in [0.2, 0.25) is 0 Å². The van der Waals surface area contributed by atoms with Gasteiger partial charge >= 0.3 is 0 Å². The Kier molecular flexibility index (Phi) is 7.32. The van der Waals surface area contributed by atoms with Crippen molar-refractivity contribution in [2.24, 2.45) is 11.7 Å². The molecular formula is C16H27ClN2O2S. The lowest BCUT2D eigenvalue weighted by molar-refractivity contribution is 0.465. The van der Waals surface area contributed by atoms with Gasteiger partial charge in [-0.15, -0.1) is 12.4 Å². The van der Waals surface area contributed by atoms with E-state index in [4.69, 9.17) is 5.73 Å². The molecule has 126 valence electrons. The van der Waals surface area contributed by atoms with E-state index in [-0.39, 0.29) is 18.4 Å². The van der Waals surface area contributed by atoms with Gasteiger partial charge in [-0.25, -0.2) is 13.1 Å². The molecule has 1 atom stereocenters. The minimum atomic E-state index is -3.48. The van der Waals surface area contributed by atoms with E-state index in [9.17, 15) is 8.42 Å². The summed E-state index contributed by atoms with van der Waals surface area (Å²) in [6.07, 6.45) is 5.12. The smallest absolute Gasteiger partial charge is 0.240 e. The summed E-state index contributed by atoms with van der Waals surface area (Å²) < 4.78 is 27.7. The molecule has 3 N–H and O–H groups in total. The summed E-state index contributed by atoms with van der Waals surface area (Å²) in [6, 6.07) is 5.31. The van der Waals surface area contributed by atoms with Crippen LogP contribution >= 0.6 is 12.4 Å². The molecule has 0 aliphatic heterocycles. The first kappa shape index (κ1) is 19.4. The maximum Gasteiger partial charge on any atom is 0.240 e. The van der Waals surface area contributed by atoms with Gasteiger partial charge in [-0.1, -0.05) is 19.9 Å². The molecular weight excluding hydrogens is 320 g/mol. The Morgan fingerprint density at radius 3 is 2.41 bits per heavy atom. The van der Waals surface area contributed by atoms with Crippen LogP contribution in [0.4, 0.5) is 0 Å². The molecule has 1 aromatic rings. The molecule has 0 saturated carbocycles. The second kappa shape index (κ2) is 8.29. The van der Waals surface area contributed by atoms with E-state index in [0.29, 0.717) is 17.4 Å².